The van der Waals surface area contributed by atoms with Gasteiger partial charge in [-0.25, -0.2) is 0 Å². The first-order chi connectivity index (χ1) is 7.18. The average molecular weight is 225 g/mol. The molecule has 1 aromatic rings. The zero-order valence-corrected chi connectivity index (χ0v) is 9.29. The molecule has 4 heteroatoms. The van der Waals surface area contributed by atoms with Crippen LogP contribution in [0.3, 0.4) is 0 Å². The Morgan fingerprint density at radius 2 is 2.47 bits per heavy atom. The summed E-state index contributed by atoms with van der Waals surface area (Å²) in [5, 5.41) is 3.28. The number of hydrogen-bond donors (Lipinski definition) is 1. The van der Waals surface area contributed by atoms with Gasteiger partial charge in [0.15, 0.2) is 0 Å². The maximum Gasteiger partial charge on any atom is 0.252 e. The number of halogens is 1. The fourth-order valence-electron chi connectivity index (χ4n) is 1.56. The molecule has 80 valence electrons. The Balaban J connectivity index is 1.93. The van der Waals surface area contributed by atoms with Gasteiger partial charge in [-0.1, -0.05) is 18.5 Å². The summed E-state index contributed by atoms with van der Waals surface area (Å²) in [6, 6.07) is 1.63. The Morgan fingerprint density at radius 1 is 1.73 bits per heavy atom. The lowest BCUT2D eigenvalue weighted by Gasteiger charge is -2.05. The monoisotopic (exact) mass is 224 g/mol. The number of rotatable bonds is 3. The SMILES string of the molecule is CC1CC1CNC(=O)c1ccncc1Cl. The molecule has 3 nitrogen and oxygen atoms in total. The van der Waals surface area contributed by atoms with E-state index in [9.17, 15) is 4.79 Å². The molecule has 1 heterocycles. The molecule has 0 aromatic carbocycles. The van der Waals surface area contributed by atoms with Gasteiger partial charge < -0.3 is 5.32 Å². The van der Waals surface area contributed by atoms with Gasteiger partial charge in [-0.2, -0.15) is 0 Å². The highest BCUT2D eigenvalue weighted by Crippen LogP contribution is 2.36. The van der Waals surface area contributed by atoms with Crippen molar-refractivity contribution in [3.8, 4) is 0 Å². The molecule has 1 aliphatic carbocycles. The van der Waals surface area contributed by atoms with Gasteiger partial charge in [0.05, 0.1) is 10.6 Å². The Hall–Kier alpha value is -1.09. The highest BCUT2D eigenvalue weighted by Gasteiger charge is 2.32. The second-order valence-electron chi connectivity index (χ2n) is 4.04. The van der Waals surface area contributed by atoms with E-state index < -0.39 is 0 Å². The van der Waals surface area contributed by atoms with E-state index in [1.165, 1.54) is 12.6 Å². The maximum atomic E-state index is 11.7. The van der Waals surface area contributed by atoms with Gasteiger partial charge in [0.25, 0.3) is 5.91 Å². The van der Waals surface area contributed by atoms with Gasteiger partial charge in [0.1, 0.15) is 0 Å². The maximum absolute atomic E-state index is 11.7. The van der Waals surface area contributed by atoms with Crippen molar-refractivity contribution in [1.29, 1.82) is 0 Å². The van der Waals surface area contributed by atoms with E-state index in [1.54, 1.807) is 12.3 Å². The quantitative estimate of drug-likeness (QED) is 0.855. The van der Waals surface area contributed by atoms with Crippen LogP contribution < -0.4 is 5.32 Å². The highest BCUT2D eigenvalue weighted by molar-refractivity contribution is 6.33. The van der Waals surface area contributed by atoms with Crippen LogP contribution >= 0.6 is 11.6 Å². The Morgan fingerprint density at radius 3 is 3.07 bits per heavy atom. The molecule has 2 atom stereocenters. The molecule has 0 radical (unpaired) electrons. The zero-order chi connectivity index (χ0) is 10.8. The zero-order valence-electron chi connectivity index (χ0n) is 8.53. The van der Waals surface area contributed by atoms with Gasteiger partial charge in [-0.15, -0.1) is 0 Å². The fraction of sp³-hybridized carbons (Fsp3) is 0.455. The highest BCUT2D eigenvalue weighted by atomic mass is 35.5. The molecular weight excluding hydrogens is 212 g/mol. The molecule has 1 fully saturated rings. The summed E-state index contributed by atoms with van der Waals surface area (Å²) in [4.78, 5) is 15.5. The first kappa shape index (κ1) is 10.4. The normalized spacial score (nSPS) is 23.6. The van der Waals surface area contributed by atoms with Crippen molar-refractivity contribution < 1.29 is 4.79 Å². The number of nitrogens with one attached hydrogen (secondary N) is 1. The number of pyridine rings is 1. The molecule has 15 heavy (non-hydrogen) atoms. The van der Waals surface area contributed by atoms with Crippen LogP contribution in [0.5, 0.6) is 0 Å². The summed E-state index contributed by atoms with van der Waals surface area (Å²) in [5.41, 5.74) is 0.500. The molecule has 1 amide bonds. The van der Waals surface area contributed by atoms with Crippen LogP contribution in [0.4, 0.5) is 0 Å². The van der Waals surface area contributed by atoms with Crippen molar-refractivity contribution >= 4 is 17.5 Å². The first-order valence-electron chi connectivity index (χ1n) is 5.06. The molecule has 0 saturated heterocycles. The van der Waals surface area contributed by atoms with E-state index in [0.717, 1.165) is 12.5 Å². The summed E-state index contributed by atoms with van der Waals surface area (Å²) < 4.78 is 0. The second kappa shape index (κ2) is 4.19. The van der Waals surface area contributed by atoms with Crippen LogP contribution in [-0.2, 0) is 0 Å². The van der Waals surface area contributed by atoms with Crippen molar-refractivity contribution in [2.45, 2.75) is 13.3 Å². The number of hydrogen-bond acceptors (Lipinski definition) is 2. The van der Waals surface area contributed by atoms with E-state index in [2.05, 4.69) is 17.2 Å². The summed E-state index contributed by atoms with van der Waals surface area (Å²) in [7, 11) is 0. The molecular formula is C11H13ClN2O. The van der Waals surface area contributed by atoms with Crippen molar-refractivity contribution in [3.05, 3.63) is 29.0 Å². The van der Waals surface area contributed by atoms with Crippen molar-refractivity contribution in [1.82, 2.24) is 10.3 Å². The molecule has 1 aliphatic rings. The number of carbonyl (C=O) groups is 1. The van der Waals surface area contributed by atoms with Crippen LogP contribution in [0.15, 0.2) is 18.5 Å². The van der Waals surface area contributed by atoms with Crippen LogP contribution in [0.25, 0.3) is 0 Å². The van der Waals surface area contributed by atoms with Crippen molar-refractivity contribution in [2.75, 3.05) is 6.54 Å². The van der Waals surface area contributed by atoms with Crippen LogP contribution in [0.2, 0.25) is 5.02 Å². The lowest BCUT2D eigenvalue weighted by atomic mass is 10.2. The van der Waals surface area contributed by atoms with Crippen molar-refractivity contribution in [2.24, 2.45) is 11.8 Å². The van der Waals surface area contributed by atoms with E-state index >= 15 is 0 Å². The summed E-state index contributed by atoms with van der Waals surface area (Å²) in [5.74, 6) is 1.29. The predicted molar refractivity (Wildman–Crippen MR) is 58.9 cm³/mol. The summed E-state index contributed by atoms with van der Waals surface area (Å²) in [6.45, 7) is 2.94. The van der Waals surface area contributed by atoms with Gasteiger partial charge in [0.2, 0.25) is 0 Å². The largest absolute Gasteiger partial charge is 0.352 e. The third-order valence-electron chi connectivity index (χ3n) is 2.82. The number of aromatic nitrogens is 1. The number of nitrogens with zero attached hydrogens (tertiary/aromatic N) is 1. The first-order valence-corrected chi connectivity index (χ1v) is 5.44. The van der Waals surface area contributed by atoms with Gasteiger partial charge in [-0.3, -0.25) is 9.78 Å². The van der Waals surface area contributed by atoms with Gasteiger partial charge in [0, 0.05) is 18.9 Å². The topological polar surface area (TPSA) is 42.0 Å². The predicted octanol–water partition coefficient (Wildman–Crippen LogP) is 2.12. The molecule has 2 rings (SSSR count). The third kappa shape index (κ3) is 2.48. The fourth-order valence-corrected chi connectivity index (χ4v) is 1.77. The minimum Gasteiger partial charge on any atom is -0.352 e. The lowest BCUT2D eigenvalue weighted by Crippen LogP contribution is -2.26. The van der Waals surface area contributed by atoms with Crippen LogP contribution in [0.1, 0.15) is 23.7 Å². The van der Waals surface area contributed by atoms with Crippen LogP contribution in [0, 0.1) is 11.8 Å². The molecule has 2 unspecified atom stereocenters. The number of amides is 1. The summed E-state index contributed by atoms with van der Waals surface area (Å²) >= 11 is 5.86. The Bertz CT molecular complexity index is 381. The molecule has 0 aliphatic heterocycles. The molecule has 1 aromatic heterocycles. The number of carbonyl (C=O) groups excluding carboxylic acids is 1. The van der Waals surface area contributed by atoms with E-state index in [4.69, 9.17) is 11.6 Å². The minimum absolute atomic E-state index is 0.110. The van der Waals surface area contributed by atoms with E-state index in [-0.39, 0.29) is 5.91 Å². The Labute approximate surface area is 93.8 Å². The molecule has 0 bridgehead atoms. The van der Waals surface area contributed by atoms with Gasteiger partial charge >= 0.3 is 0 Å². The molecule has 1 saturated carbocycles. The van der Waals surface area contributed by atoms with E-state index in [1.807, 2.05) is 0 Å². The Kier molecular flexibility index (Phi) is 2.91. The minimum atomic E-state index is -0.110. The lowest BCUT2D eigenvalue weighted by molar-refractivity contribution is 0.0951. The smallest absolute Gasteiger partial charge is 0.252 e. The average Bonchev–Trinajstić information content (AvgIpc) is 2.92. The second-order valence-corrected chi connectivity index (χ2v) is 4.45. The standard InChI is InChI=1S/C11H13ClN2O/c1-7-4-8(7)5-14-11(15)9-2-3-13-6-10(9)12/h2-3,6-8H,4-5H2,1H3,(H,14,15). The molecule has 0 spiro atoms. The van der Waals surface area contributed by atoms with Crippen molar-refractivity contribution in [3.63, 3.8) is 0 Å². The van der Waals surface area contributed by atoms with E-state index in [0.29, 0.717) is 16.5 Å². The van der Waals surface area contributed by atoms with Gasteiger partial charge in [-0.05, 0) is 24.3 Å². The molecule has 1 N–H and O–H groups in total. The van der Waals surface area contributed by atoms with Crippen LogP contribution in [-0.4, -0.2) is 17.4 Å². The third-order valence-corrected chi connectivity index (χ3v) is 3.12. The summed E-state index contributed by atoms with van der Waals surface area (Å²) in [6.07, 6.45) is 4.26.